The second-order valence-corrected chi connectivity index (χ2v) is 5.37. The van der Waals surface area contributed by atoms with E-state index in [1.807, 2.05) is 0 Å². The molecule has 0 aromatic heterocycles. The van der Waals surface area contributed by atoms with E-state index in [4.69, 9.17) is 9.79 Å². The van der Waals surface area contributed by atoms with Gasteiger partial charge in [0, 0.05) is 6.42 Å². The minimum Gasteiger partial charge on any atom is -0.320 e. The van der Waals surface area contributed by atoms with Crippen molar-refractivity contribution in [1.82, 2.24) is 0 Å². The molecule has 0 aliphatic rings. The number of hydrogen-bond acceptors (Lipinski definition) is 1. The first-order valence-corrected chi connectivity index (χ1v) is 5.24. The summed E-state index contributed by atoms with van der Waals surface area (Å²) in [6, 6.07) is 0. The van der Waals surface area contributed by atoms with Crippen LogP contribution in [-0.2, 0) is 4.57 Å². The van der Waals surface area contributed by atoms with Crippen molar-refractivity contribution < 1.29 is 18.8 Å². The van der Waals surface area contributed by atoms with Crippen LogP contribution in [0.5, 0.6) is 0 Å². The van der Waals surface area contributed by atoms with Crippen LogP contribution in [0.2, 0.25) is 0 Å². The highest BCUT2D eigenvalue weighted by atomic mass is 31.2. The van der Waals surface area contributed by atoms with Crippen molar-refractivity contribution in [2.24, 2.45) is 0 Å². The van der Waals surface area contributed by atoms with Crippen molar-refractivity contribution >= 4 is 7.60 Å². The van der Waals surface area contributed by atoms with Gasteiger partial charge in [-0.15, -0.1) is 0 Å². The quantitative estimate of drug-likeness (QED) is 0.496. The van der Waals surface area contributed by atoms with Crippen molar-refractivity contribution in [3.05, 3.63) is 0 Å². The molecule has 0 aliphatic heterocycles. The van der Waals surface area contributed by atoms with Gasteiger partial charge in [-0.25, -0.2) is 0 Å². The highest BCUT2D eigenvalue weighted by molar-refractivity contribution is 7.52. The van der Waals surface area contributed by atoms with E-state index in [0.29, 0.717) is 10.9 Å². The molecule has 0 aromatic rings. The van der Waals surface area contributed by atoms with E-state index in [1.54, 1.807) is 28.1 Å². The van der Waals surface area contributed by atoms with E-state index in [9.17, 15) is 4.57 Å². The van der Waals surface area contributed by atoms with Gasteiger partial charge >= 0.3 is 7.60 Å². The fourth-order valence-corrected chi connectivity index (χ4v) is 2.62. The molecule has 0 saturated heterocycles. The maximum Gasteiger partial charge on any atom is 0.382 e. The highest BCUT2D eigenvalue weighted by Crippen LogP contribution is 2.45. The maximum atomic E-state index is 10.9. The standard InChI is InChI=1S/C6H16NO3P/c1-5-6(7(2,3)4)11(8,9)10/h6H,5H2,1-4H3,(H-,8,9,10)/p+1. The van der Waals surface area contributed by atoms with Crippen LogP contribution in [-0.4, -0.2) is 41.2 Å². The van der Waals surface area contributed by atoms with E-state index in [2.05, 4.69) is 0 Å². The first-order chi connectivity index (χ1) is 4.69. The third-order valence-corrected chi connectivity index (χ3v) is 3.48. The van der Waals surface area contributed by atoms with E-state index in [0.717, 1.165) is 0 Å². The second-order valence-electron chi connectivity index (χ2n) is 3.59. The third-order valence-electron chi connectivity index (χ3n) is 1.65. The number of nitrogens with zero attached hydrogens (tertiary/aromatic N) is 1. The van der Waals surface area contributed by atoms with Crippen molar-refractivity contribution in [3.63, 3.8) is 0 Å². The molecule has 68 valence electrons. The molecule has 0 rings (SSSR count). The molecule has 0 fully saturated rings. The van der Waals surface area contributed by atoms with Crippen LogP contribution in [0.1, 0.15) is 13.3 Å². The first-order valence-electron chi connectivity index (χ1n) is 3.56. The summed E-state index contributed by atoms with van der Waals surface area (Å²) in [5.74, 6) is -0.581. The highest BCUT2D eigenvalue weighted by Gasteiger charge is 2.38. The Labute approximate surface area is 67.6 Å². The molecular weight excluding hydrogens is 165 g/mol. The summed E-state index contributed by atoms with van der Waals surface area (Å²) in [5, 5.41) is 0. The normalized spacial score (nSPS) is 16.5. The fraction of sp³-hybridized carbons (Fsp3) is 1.00. The Balaban J connectivity index is 4.57. The van der Waals surface area contributed by atoms with Gasteiger partial charge in [-0.3, -0.25) is 4.57 Å². The lowest BCUT2D eigenvalue weighted by Gasteiger charge is -2.33. The molecule has 0 radical (unpaired) electrons. The zero-order chi connectivity index (χ0) is 9.28. The van der Waals surface area contributed by atoms with Crippen LogP contribution in [0.3, 0.4) is 0 Å². The Kier molecular flexibility index (Phi) is 3.27. The maximum absolute atomic E-state index is 10.9. The molecule has 4 nitrogen and oxygen atoms in total. The molecule has 11 heavy (non-hydrogen) atoms. The largest absolute Gasteiger partial charge is 0.382 e. The average molecular weight is 182 g/mol. The Morgan fingerprint density at radius 3 is 1.73 bits per heavy atom. The molecule has 0 spiro atoms. The van der Waals surface area contributed by atoms with Gasteiger partial charge in [0.25, 0.3) is 0 Å². The van der Waals surface area contributed by atoms with Crippen LogP contribution in [0.15, 0.2) is 0 Å². The van der Waals surface area contributed by atoms with Crippen molar-refractivity contribution in [3.8, 4) is 0 Å². The molecule has 2 N–H and O–H groups in total. The lowest BCUT2D eigenvalue weighted by atomic mass is 10.4. The van der Waals surface area contributed by atoms with Crippen LogP contribution in [0.4, 0.5) is 0 Å². The minimum absolute atomic E-state index is 0.306. The Morgan fingerprint density at radius 2 is 1.73 bits per heavy atom. The Bertz CT molecular complexity index is 169. The third kappa shape index (κ3) is 3.34. The van der Waals surface area contributed by atoms with Gasteiger partial charge in [-0.1, -0.05) is 6.92 Å². The molecule has 0 bridgehead atoms. The van der Waals surface area contributed by atoms with Gasteiger partial charge in [0.05, 0.1) is 21.1 Å². The van der Waals surface area contributed by atoms with Gasteiger partial charge < -0.3 is 14.3 Å². The lowest BCUT2D eigenvalue weighted by Crippen LogP contribution is -2.44. The molecule has 5 heteroatoms. The predicted molar refractivity (Wildman–Crippen MR) is 44.2 cm³/mol. The summed E-state index contributed by atoms with van der Waals surface area (Å²) in [6.45, 7) is 1.78. The lowest BCUT2D eigenvalue weighted by molar-refractivity contribution is -0.883. The molecule has 1 atom stereocenters. The van der Waals surface area contributed by atoms with Crippen LogP contribution < -0.4 is 0 Å². The summed E-state index contributed by atoms with van der Waals surface area (Å²) in [6.07, 6.45) is 0.494. The van der Waals surface area contributed by atoms with Crippen molar-refractivity contribution in [2.45, 2.75) is 19.1 Å². The zero-order valence-electron chi connectivity index (χ0n) is 7.48. The average Bonchev–Trinajstić information content (AvgIpc) is 1.56. The molecule has 0 aliphatic carbocycles. The summed E-state index contributed by atoms with van der Waals surface area (Å²) in [5.41, 5.74) is 0. The van der Waals surface area contributed by atoms with E-state index in [1.165, 1.54) is 0 Å². The number of hydrogen-bond donors (Lipinski definition) is 2. The van der Waals surface area contributed by atoms with Crippen LogP contribution in [0.25, 0.3) is 0 Å². The number of quaternary nitrogens is 1. The van der Waals surface area contributed by atoms with Crippen molar-refractivity contribution in [2.75, 3.05) is 21.1 Å². The first kappa shape index (κ1) is 11.1. The number of rotatable bonds is 3. The molecule has 0 amide bonds. The smallest absolute Gasteiger partial charge is 0.320 e. The van der Waals surface area contributed by atoms with Gasteiger partial charge in [-0.05, 0) is 0 Å². The van der Waals surface area contributed by atoms with Gasteiger partial charge in [-0.2, -0.15) is 0 Å². The topological polar surface area (TPSA) is 57.5 Å². The predicted octanol–water partition coefficient (Wildman–Crippen LogP) is 0.606. The SMILES string of the molecule is CCC([N+](C)(C)C)P(=O)(O)O. The van der Waals surface area contributed by atoms with E-state index < -0.39 is 13.4 Å². The van der Waals surface area contributed by atoms with Gasteiger partial charge in [0.1, 0.15) is 0 Å². The van der Waals surface area contributed by atoms with Crippen LogP contribution >= 0.6 is 7.60 Å². The molecule has 0 aromatic carbocycles. The van der Waals surface area contributed by atoms with E-state index in [-0.39, 0.29) is 0 Å². The summed E-state index contributed by atoms with van der Waals surface area (Å²) in [7, 11) is 1.43. The van der Waals surface area contributed by atoms with E-state index >= 15 is 0 Å². The van der Waals surface area contributed by atoms with Crippen molar-refractivity contribution in [1.29, 1.82) is 0 Å². The van der Waals surface area contributed by atoms with Gasteiger partial charge in [0.15, 0.2) is 5.78 Å². The summed E-state index contributed by atoms with van der Waals surface area (Å²) in [4.78, 5) is 17.8. The van der Waals surface area contributed by atoms with Crippen LogP contribution in [0, 0.1) is 0 Å². The zero-order valence-corrected chi connectivity index (χ0v) is 8.38. The Hall–Kier alpha value is 0.110. The minimum atomic E-state index is -3.93. The summed E-state index contributed by atoms with van der Waals surface area (Å²) < 4.78 is 11.2. The Morgan fingerprint density at radius 1 is 1.36 bits per heavy atom. The fourth-order valence-electron chi connectivity index (χ4n) is 1.24. The molecule has 1 unspecified atom stereocenters. The second kappa shape index (κ2) is 3.23. The molecule has 0 heterocycles. The molecular formula is C6H17NO3P+. The van der Waals surface area contributed by atoms with Gasteiger partial charge in [0.2, 0.25) is 0 Å². The monoisotopic (exact) mass is 182 g/mol. The summed E-state index contributed by atoms with van der Waals surface area (Å²) >= 11 is 0. The molecule has 0 saturated carbocycles.